The van der Waals surface area contributed by atoms with Crippen LogP contribution in [-0.4, -0.2) is 60.7 Å². The van der Waals surface area contributed by atoms with E-state index in [1.807, 2.05) is 18.2 Å². The number of rotatable bonds is 5. The molecule has 1 atom stereocenters. The molecule has 1 saturated heterocycles. The number of amides is 1. The predicted octanol–water partition coefficient (Wildman–Crippen LogP) is 2.03. The van der Waals surface area contributed by atoms with Crippen LogP contribution in [0.3, 0.4) is 0 Å². The Morgan fingerprint density at radius 3 is 2.34 bits per heavy atom. The number of hydrogen-bond donors (Lipinski definition) is 3. The molecule has 1 aromatic carbocycles. The maximum atomic E-state index is 13.4. The molecule has 3 rings (SSSR count). The number of pyridine rings is 1. The molecule has 0 bridgehead atoms. The van der Waals surface area contributed by atoms with E-state index in [4.69, 9.17) is 0 Å². The Labute approximate surface area is 171 Å². The lowest BCUT2D eigenvalue weighted by molar-refractivity contribution is -0.183. The van der Waals surface area contributed by atoms with Gasteiger partial charge in [0.1, 0.15) is 11.6 Å². The molecule has 1 amide bonds. The van der Waals surface area contributed by atoms with Gasteiger partial charge in [-0.25, -0.2) is 0 Å². The number of nitrogens with one attached hydrogen (secondary N) is 3. The van der Waals surface area contributed by atoms with Crippen LogP contribution in [0.1, 0.15) is 10.4 Å². The quantitative estimate of drug-likeness (QED) is 0.678. The average Bonchev–Trinajstić information content (AvgIpc) is 2.68. The summed E-state index contributed by atoms with van der Waals surface area (Å²) in [7, 11) is 0. The third kappa shape index (κ3) is 5.81. The summed E-state index contributed by atoms with van der Waals surface area (Å²) in [5.74, 6) is -0.828. The van der Waals surface area contributed by atoms with Gasteiger partial charge in [-0.3, -0.25) is 14.5 Å². The van der Waals surface area contributed by atoms with E-state index in [0.29, 0.717) is 18.8 Å². The fraction of sp³-hybridized carbons (Fsp3) is 0.368. The number of halogens is 4. The van der Waals surface area contributed by atoms with Gasteiger partial charge in [-0.15, -0.1) is 12.4 Å². The van der Waals surface area contributed by atoms with E-state index in [2.05, 4.69) is 15.6 Å². The number of nitrogens with zero attached hydrogens (tertiary/aromatic N) is 1. The fourth-order valence-electron chi connectivity index (χ4n) is 3.17. The highest BCUT2D eigenvalue weighted by Gasteiger charge is 2.43. The molecule has 10 heteroatoms. The van der Waals surface area contributed by atoms with E-state index < -0.39 is 30.2 Å². The monoisotopic (exact) mass is 430 g/mol. The summed E-state index contributed by atoms with van der Waals surface area (Å²) in [5.41, 5.74) is 0.420. The number of aromatic amines is 1. The summed E-state index contributed by atoms with van der Waals surface area (Å²) in [4.78, 5) is 28.4. The number of alkyl halides is 3. The normalized spacial score (nSPS) is 16.0. The van der Waals surface area contributed by atoms with E-state index in [9.17, 15) is 22.8 Å². The highest BCUT2D eigenvalue weighted by atomic mass is 35.5. The van der Waals surface area contributed by atoms with Crippen LogP contribution in [0.15, 0.2) is 47.3 Å². The van der Waals surface area contributed by atoms with Crippen LogP contribution in [0.2, 0.25) is 0 Å². The number of carbonyl (C=O) groups excluding carboxylic acids is 1. The zero-order valence-corrected chi connectivity index (χ0v) is 16.3. The van der Waals surface area contributed by atoms with Crippen molar-refractivity contribution >= 4 is 18.3 Å². The molecular weight excluding hydrogens is 409 g/mol. The fourth-order valence-corrected chi connectivity index (χ4v) is 3.17. The summed E-state index contributed by atoms with van der Waals surface area (Å²) in [5, 5.41) is 5.26. The molecule has 158 valence electrons. The number of carbonyl (C=O) groups is 1. The molecule has 0 spiro atoms. The Balaban J connectivity index is 0.00000300. The Morgan fingerprint density at radius 1 is 1.10 bits per heavy atom. The smallest absolute Gasteiger partial charge is 0.350 e. The van der Waals surface area contributed by atoms with Crippen molar-refractivity contribution in [1.82, 2.24) is 20.5 Å². The second-order valence-electron chi connectivity index (χ2n) is 6.53. The zero-order chi connectivity index (χ0) is 20.1. The number of hydrogen-bond acceptors (Lipinski definition) is 4. The molecule has 0 aliphatic carbocycles. The molecule has 1 aromatic heterocycles. The molecule has 2 aromatic rings. The minimum atomic E-state index is -4.48. The maximum absolute atomic E-state index is 13.4. The lowest BCUT2D eigenvalue weighted by Gasteiger charge is -2.35. The van der Waals surface area contributed by atoms with Crippen molar-refractivity contribution in [3.63, 3.8) is 0 Å². The Morgan fingerprint density at radius 2 is 1.76 bits per heavy atom. The molecule has 0 saturated carbocycles. The summed E-state index contributed by atoms with van der Waals surface area (Å²) in [6, 6.07) is 10.1. The van der Waals surface area contributed by atoms with Crippen molar-refractivity contribution in [1.29, 1.82) is 0 Å². The van der Waals surface area contributed by atoms with Gasteiger partial charge in [0.05, 0.1) is 0 Å². The van der Waals surface area contributed by atoms with Gasteiger partial charge in [0, 0.05) is 38.4 Å². The van der Waals surface area contributed by atoms with Crippen molar-refractivity contribution in [2.75, 3.05) is 32.7 Å². The van der Waals surface area contributed by atoms with Crippen molar-refractivity contribution in [2.24, 2.45) is 0 Å². The van der Waals surface area contributed by atoms with Gasteiger partial charge in [0.2, 0.25) is 0 Å². The van der Waals surface area contributed by atoms with Gasteiger partial charge >= 0.3 is 6.18 Å². The first-order valence-electron chi connectivity index (χ1n) is 8.94. The van der Waals surface area contributed by atoms with Crippen LogP contribution >= 0.6 is 12.4 Å². The SMILES string of the molecule is Cl.O=C(NCC(N1CCNCC1)C(F)(F)F)c1ccc(-c2ccccc2)[nH]c1=O. The Bertz CT molecular complexity index is 868. The lowest BCUT2D eigenvalue weighted by atomic mass is 10.1. The van der Waals surface area contributed by atoms with Crippen molar-refractivity contribution in [2.45, 2.75) is 12.2 Å². The lowest BCUT2D eigenvalue weighted by Crippen LogP contribution is -2.57. The first-order valence-corrected chi connectivity index (χ1v) is 8.94. The predicted molar refractivity (Wildman–Crippen MR) is 106 cm³/mol. The van der Waals surface area contributed by atoms with Crippen molar-refractivity contribution in [3.8, 4) is 11.3 Å². The largest absolute Gasteiger partial charge is 0.405 e. The van der Waals surface area contributed by atoms with E-state index >= 15 is 0 Å². The second-order valence-corrected chi connectivity index (χ2v) is 6.53. The molecule has 2 heterocycles. The number of H-pyrrole nitrogens is 1. The summed E-state index contributed by atoms with van der Waals surface area (Å²) < 4.78 is 40.2. The number of aromatic nitrogens is 1. The molecule has 1 aliphatic rings. The van der Waals surface area contributed by atoms with Gasteiger partial charge in [0.15, 0.2) is 0 Å². The van der Waals surface area contributed by atoms with Crippen LogP contribution in [0, 0.1) is 0 Å². The number of piperazine rings is 1. The van der Waals surface area contributed by atoms with Crippen LogP contribution in [0.5, 0.6) is 0 Å². The Kier molecular flexibility index (Phi) is 7.83. The summed E-state index contributed by atoms with van der Waals surface area (Å²) >= 11 is 0. The molecular formula is C19H22ClF3N4O2. The first kappa shape index (κ1) is 22.9. The maximum Gasteiger partial charge on any atom is 0.405 e. The second kappa shape index (κ2) is 9.91. The van der Waals surface area contributed by atoms with Crippen molar-refractivity contribution in [3.05, 3.63) is 58.4 Å². The van der Waals surface area contributed by atoms with Gasteiger partial charge < -0.3 is 15.6 Å². The minimum absolute atomic E-state index is 0. The van der Waals surface area contributed by atoms with Crippen LogP contribution in [0.25, 0.3) is 11.3 Å². The van der Waals surface area contributed by atoms with E-state index in [-0.39, 0.29) is 31.1 Å². The van der Waals surface area contributed by atoms with E-state index in [1.54, 1.807) is 18.2 Å². The van der Waals surface area contributed by atoms with Gasteiger partial charge in [-0.2, -0.15) is 13.2 Å². The van der Waals surface area contributed by atoms with Crippen LogP contribution < -0.4 is 16.2 Å². The van der Waals surface area contributed by atoms with Gasteiger partial charge in [-0.1, -0.05) is 30.3 Å². The van der Waals surface area contributed by atoms with Gasteiger partial charge in [0.25, 0.3) is 11.5 Å². The Hall–Kier alpha value is -2.36. The first-order chi connectivity index (χ1) is 13.4. The zero-order valence-electron chi connectivity index (χ0n) is 15.5. The average molecular weight is 431 g/mol. The molecule has 1 unspecified atom stereocenters. The molecule has 1 aliphatic heterocycles. The molecule has 29 heavy (non-hydrogen) atoms. The minimum Gasteiger partial charge on any atom is -0.350 e. The topological polar surface area (TPSA) is 77.2 Å². The third-order valence-corrected chi connectivity index (χ3v) is 4.67. The highest BCUT2D eigenvalue weighted by Crippen LogP contribution is 2.24. The third-order valence-electron chi connectivity index (χ3n) is 4.67. The van der Waals surface area contributed by atoms with E-state index in [1.165, 1.54) is 11.0 Å². The van der Waals surface area contributed by atoms with Crippen molar-refractivity contribution < 1.29 is 18.0 Å². The highest BCUT2D eigenvalue weighted by molar-refractivity contribution is 5.94. The van der Waals surface area contributed by atoms with E-state index in [0.717, 1.165) is 5.56 Å². The molecule has 1 fully saturated rings. The van der Waals surface area contributed by atoms with Crippen LogP contribution in [0.4, 0.5) is 13.2 Å². The standard InChI is InChI=1S/C19H21F3N4O2.ClH/c20-19(21,22)16(26-10-8-23-9-11-26)12-24-17(27)14-6-7-15(25-18(14)28)13-4-2-1-3-5-13;/h1-7,16,23H,8-12H2,(H,24,27)(H,25,28);1H. The summed E-state index contributed by atoms with van der Waals surface area (Å²) in [6.07, 6.45) is -4.48. The molecule has 0 radical (unpaired) electrons. The van der Waals surface area contributed by atoms with Gasteiger partial charge in [-0.05, 0) is 17.7 Å². The summed E-state index contributed by atoms with van der Waals surface area (Å²) in [6.45, 7) is 0.795. The molecule has 6 nitrogen and oxygen atoms in total. The molecule has 3 N–H and O–H groups in total. The van der Waals surface area contributed by atoms with Crippen LogP contribution in [-0.2, 0) is 0 Å². The number of benzene rings is 1.